The Kier molecular flexibility index (Phi) is 7.91. The van der Waals surface area contributed by atoms with E-state index in [0.29, 0.717) is 12.0 Å². The monoisotopic (exact) mass is 272 g/mol. The molecule has 1 saturated carbocycles. The van der Waals surface area contributed by atoms with Crippen molar-refractivity contribution in [3.63, 3.8) is 0 Å². The fraction of sp³-hybridized carbons (Fsp3) is 1.00. The highest BCUT2D eigenvalue weighted by molar-refractivity contribution is 4.85. The molecule has 0 bridgehead atoms. The van der Waals surface area contributed by atoms with E-state index in [0.717, 1.165) is 44.5 Å². The van der Waals surface area contributed by atoms with Gasteiger partial charge in [-0.2, -0.15) is 0 Å². The first kappa shape index (κ1) is 16.9. The smallest absolute Gasteiger partial charge is 0.0589 e. The molecule has 0 amide bonds. The van der Waals surface area contributed by atoms with Crippen molar-refractivity contribution < 1.29 is 9.84 Å². The molecule has 0 aromatic heterocycles. The number of hydrogen-bond donors (Lipinski definition) is 2. The van der Waals surface area contributed by atoms with Crippen molar-refractivity contribution >= 4 is 0 Å². The van der Waals surface area contributed by atoms with E-state index in [-0.39, 0.29) is 6.61 Å². The normalized spacial score (nSPS) is 28.3. The third-order valence-electron chi connectivity index (χ3n) is 4.55. The van der Waals surface area contributed by atoms with Crippen LogP contribution < -0.4 is 5.73 Å². The van der Waals surface area contributed by atoms with Gasteiger partial charge < -0.3 is 15.6 Å². The Bertz CT molecular complexity index is 236. The van der Waals surface area contributed by atoms with Gasteiger partial charge in [-0.05, 0) is 37.0 Å². The van der Waals surface area contributed by atoms with E-state index in [1.165, 1.54) is 12.8 Å². The van der Waals surface area contributed by atoms with Crippen molar-refractivity contribution in [1.82, 2.24) is 4.90 Å². The highest BCUT2D eigenvalue weighted by Crippen LogP contribution is 2.33. The Morgan fingerprint density at radius 2 is 2.05 bits per heavy atom. The Balaban J connectivity index is 2.49. The molecule has 3 atom stereocenters. The number of methoxy groups -OCH3 is 1. The Labute approximate surface area is 118 Å². The van der Waals surface area contributed by atoms with Gasteiger partial charge in [-0.1, -0.05) is 13.8 Å². The Hall–Kier alpha value is -0.160. The Morgan fingerprint density at radius 3 is 2.63 bits per heavy atom. The second kappa shape index (κ2) is 8.90. The SMILES string of the molecule is COCCN(CCO)CC1CC(C(C)C)CCC1N. The predicted octanol–water partition coefficient (Wildman–Crippen LogP) is 1.33. The summed E-state index contributed by atoms with van der Waals surface area (Å²) in [5.74, 6) is 2.12. The molecular formula is C15H32N2O2. The average molecular weight is 272 g/mol. The van der Waals surface area contributed by atoms with E-state index in [1.807, 2.05) is 0 Å². The molecule has 0 aliphatic heterocycles. The van der Waals surface area contributed by atoms with Crippen LogP contribution in [0.2, 0.25) is 0 Å². The maximum absolute atomic E-state index is 9.16. The lowest BCUT2D eigenvalue weighted by Gasteiger charge is -2.38. The van der Waals surface area contributed by atoms with Crippen molar-refractivity contribution in [2.24, 2.45) is 23.5 Å². The van der Waals surface area contributed by atoms with Gasteiger partial charge in [0.2, 0.25) is 0 Å². The molecule has 0 spiro atoms. The van der Waals surface area contributed by atoms with Crippen molar-refractivity contribution in [1.29, 1.82) is 0 Å². The molecule has 3 N–H and O–H groups in total. The molecule has 1 aliphatic carbocycles. The zero-order valence-electron chi connectivity index (χ0n) is 12.8. The molecule has 0 heterocycles. The molecule has 0 aromatic carbocycles. The summed E-state index contributed by atoms with van der Waals surface area (Å²) in [6.45, 7) is 8.15. The third kappa shape index (κ3) is 5.78. The molecule has 19 heavy (non-hydrogen) atoms. The van der Waals surface area contributed by atoms with E-state index in [1.54, 1.807) is 7.11 Å². The fourth-order valence-corrected chi connectivity index (χ4v) is 3.13. The maximum Gasteiger partial charge on any atom is 0.0589 e. The standard InChI is InChI=1S/C15H32N2O2/c1-12(2)13-4-5-15(16)14(10-13)11-17(6-8-18)7-9-19-3/h12-15,18H,4-11,16H2,1-3H3. The van der Waals surface area contributed by atoms with Crippen LogP contribution in [0.25, 0.3) is 0 Å². The van der Waals surface area contributed by atoms with Gasteiger partial charge in [0.15, 0.2) is 0 Å². The fourth-order valence-electron chi connectivity index (χ4n) is 3.13. The van der Waals surface area contributed by atoms with E-state index in [4.69, 9.17) is 15.6 Å². The number of aliphatic hydroxyl groups is 1. The molecule has 4 nitrogen and oxygen atoms in total. The zero-order chi connectivity index (χ0) is 14.3. The first-order valence-corrected chi connectivity index (χ1v) is 7.66. The van der Waals surface area contributed by atoms with Crippen LogP contribution in [0.3, 0.4) is 0 Å². The molecule has 0 aromatic rings. The molecule has 3 unspecified atom stereocenters. The van der Waals surface area contributed by atoms with Gasteiger partial charge in [0.25, 0.3) is 0 Å². The van der Waals surface area contributed by atoms with Crippen molar-refractivity contribution in [3.05, 3.63) is 0 Å². The molecular weight excluding hydrogens is 240 g/mol. The lowest BCUT2D eigenvalue weighted by Crippen LogP contribution is -2.45. The van der Waals surface area contributed by atoms with Crippen LogP contribution in [0.1, 0.15) is 33.1 Å². The molecule has 114 valence electrons. The molecule has 1 aliphatic rings. The quantitative estimate of drug-likeness (QED) is 0.700. The van der Waals surface area contributed by atoms with Crippen LogP contribution in [-0.2, 0) is 4.74 Å². The maximum atomic E-state index is 9.16. The van der Waals surface area contributed by atoms with E-state index in [2.05, 4.69) is 18.7 Å². The Morgan fingerprint density at radius 1 is 1.32 bits per heavy atom. The molecule has 1 rings (SSSR count). The van der Waals surface area contributed by atoms with Crippen LogP contribution in [0, 0.1) is 17.8 Å². The summed E-state index contributed by atoms with van der Waals surface area (Å²) in [7, 11) is 1.72. The predicted molar refractivity (Wildman–Crippen MR) is 79.0 cm³/mol. The van der Waals surface area contributed by atoms with E-state index < -0.39 is 0 Å². The summed E-state index contributed by atoms with van der Waals surface area (Å²) in [6, 6.07) is 0.318. The van der Waals surface area contributed by atoms with Gasteiger partial charge in [-0.15, -0.1) is 0 Å². The average Bonchev–Trinajstić information content (AvgIpc) is 2.38. The lowest BCUT2D eigenvalue weighted by molar-refractivity contribution is 0.0934. The molecule has 1 fully saturated rings. The van der Waals surface area contributed by atoms with Crippen molar-refractivity contribution in [3.8, 4) is 0 Å². The van der Waals surface area contributed by atoms with Gasteiger partial charge in [-0.3, -0.25) is 4.90 Å². The van der Waals surface area contributed by atoms with Gasteiger partial charge in [0.1, 0.15) is 0 Å². The minimum Gasteiger partial charge on any atom is -0.395 e. The third-order valence-corrected chi connectivity index (χ3v) is 4.55. The van der Waals surface area contributed by atoms with E-state index in [9.17, 15) is 0 Å². The summed E-state index contributed by atoms with van der Waals surface area (Å²) >= 11 is 0. The van der Waals surface area contributed by atoms with Crippen LogP contribution in [0.15, 0.2) is 0 Å². The summed E-state index contributed by atoms with van der Waals surface area (Å²) in [4.78, 5) is 2.29. The number of nitrogens with zero attached hydrogens (tertiary/aromatic N) is 1. The summed E-state index contributed by atoms with van der Waals surface area (Å²) in [6.07, 6.45) is 3.64. The minimum atomic E-state index is 0.208. The van der Waals surface area contributed by atoms with Gasteiger partial charge in [0.05, 0.1) is 13.2 Å². The van der Waals surface area contributed by atoms with Gasteiger partial charge >= 0.3 is 0 Å². The topological polar surface area (TPSA) is 58.7 Å². The van der Waals surface area contributed by atoms with Gasteiger partial charge in [-0.25, -0.2) is 0 Å². The van der Waals surface area contributed by atoms with Crippen LogP contribution in [-0.4, -0.2) is 56.0 Å². The van der Waals surface area contributed by atoms with Crippen molar-refractivity contribution in [2.45, 2.75) is 39.2 Å². The highest BCUT2D eigenvalue weighted by Gasteiger charge is 2.30. The number of aliphatic hydroxyl groups excluding tert-OH is 1. The second-order valence-corrected chi connectivity index (χ2v) is 6.26. The number of ether oxygens (including phenoxy) is 1. The minimum absolute atomic E-state index is 0.208. The number of rotatable bonds is 8. The van der Waals surface area contributed by atoms with Crippen molar-refractivity contribution in [2.75, 3.05) is 40.0 Å². The highest BCUT2D eigenvalue weighted by atomic mass is 16.5. The first-order valence-electron chi connectivity index (χ1n) is 7.66. The van der Waals surface area contributed by atoms with E-state index >= 15 is 0 Å². The number of hydrogen-bond acceptors (Lipinski definition) is 4. The molecule has 4 heteroatoms. The summed E-state index contributed by atoms with van der Waals surface area (Å²) < 4.78 is 5.14. The molecule has 0 radical (unpaired) electrons. The zero-order valence-corrected chi connectivity index (χ0v) is 12.8. The van der Waals surface area contributed by atoms with Crippen LogP contribution in [0.4, 0.5) is 0 Å². The summed E-state index contributed by atoms with van der Waals surface area (Å²) in [5.41, 5.74) is 6.29. The second-order valence-electron chi connectivity index (χ2n) is 6.26. The number of nitrogens with two attached hydrogens (primary N) is 1. The van der Waals surface area contributed by atoms with Crippen LogP contribution >= 0.6 is 0 Å². The first-order chi connectivity index (χ1) is 9.08. The summed E-state index contributed by atoms with van der Waals surface area (Å²) in [5, 5.41) is 9.16. The molecule has 0 saturated heterocycles. The largest absolute Gasteiger partial charge is 0.395 e. The van der Waals surface area contributed by atoms with Gasteiger partial charge in [0, 0.05) is 32.8 Å². The lowest BCUT2D eigenvalue weighted by atomic mass is 9.73. The van der Waals surface area contributed by atoms with Crippen LogP contribution in [0.5, 0.6) is 0 Å².